The van der Waals surface area contributed by atoms with Crippen molar-refractivity contribution >= 4 is 50.0 Å². The summed E-state index contributed by atoms with van der Waals surface area (Å²) in [7, 11) is 1.30. The van der Waals surface area contributed by atoms with E-state index in [-0.39, 0.29) is 5.70 Å². The summed E-state index contributed by atoms with van der Waals surface area (Å²) in [6.07, 6.45) is -0.728. The minimum absolute atomic E-state index is 0.0213. The van der Waals surface area contributed by atoms with E-state index in [1.54, 1.807) is 20.8 Å². The maximum Gasteiger partial charge on any atom is 0.412 e. The van der Waals surface area contributed by atoms with Crippen molar-refractivity contribution in [3.63, 3.8) is 0 Å². The minimum Gasteiger partial charge on any atom is -0.464 e. The molecule has 5 aromatic rings. The van der Waals surface area contributed by atoms with E-state index in [1.807, 2.05) is 36.4 Å². The summed E-state index contributed by atoms with van der Waals surface area (Å²) in [6, 6.07) is 28.2. The van der Waals surface area contributed by atoms with Crippen molar-refractivity contribution in [2.75, 3.05) is 7.11 Å². The van der Waals surface area contributed by atoms with Gasteiger partial charge in [0.05, 0.1) is 7.11 Å². The number of esters is 1. The van der Waals surface area contributed by atoms with Crippen LogP contribution in [0.25, 0.3) is 37.9 Å². The maximum absolute atomic E-state index is 13.1. The van der Waals surface area contributed by atoms with Gasteiger partial charge < -0.3 is 9.47 Å². The molecule has 0 aromatic heterocycles. The van der Waals surface area contributed by atoms with E-state index in [0.29, 0.717) is 5.57 Å². The lowest BCUT2D eigenvalue weighted by Gasteiger charge is -2.22. The molecule has 0 aliphatic rings. The second-order valence-electron chi connectivity index (χ2n) is 9.70. The molecule has 5 heteroatoms. The number of nitrogens with one attached hydrogen (secondary N) is 1. The Balaban J connectivity index is 1.84. The summed E-state index contributed by atoms with van der Waals surface area (Å²) >= 11 is 0. The molecule has 0 fully saturated rings. The number of hydrogen-bond acceptors (Lipinski definition) is 4. The average molecular weight is 478 g/mol. The summed E-state index contributed by atoms with van der Waals surface area (Å²) < 4.78 is 10.6. The van der Waals surface area contributed by atoms with Gasteiger partial charge in [-0.3, -0.25) is 5.32 Å². The van der Waals surface area contributed by atoms with Gasteiger partial charge in [0.25, 0.3) is 0 Å². The summed E-state index contributed by atoms with van der Waals surface area (Å²) in [5, 5.41) is 9.34. The molecule has 0 unspecified atom stereocenters. The van der Waals surface area contributed by atoms with Crippen LogP contribution in [0.3, 0.4) is 0 Å². The van der Waals surface area contributed by atoms with Crippen molar-refractivity contribution in [3.8, 4) is 0 Å². The van der Waals surface area contributed by atoms with Crippen LogP contribution in [-0.2, 0) is 14.3 Å². The predicted octanol–water partition coefficient (Wildman–Crippen LogP) is 7.04. The van der Waals surface area contributed by atoms with E-state index in [9.17, 15) is 9.59 Å². The maximum atomic E-state index is 13.1. The van der Waals surface area contributed by atoms with E-state index in [0.717, 1.165) is 38.1 Å². The van der Waals surface area contributed by atoms with E-state index in [4.69, 9.17) is 9.47 Å². The lowest BCUT2D eigenvalue weighted by Crippen LogP contribution is -2.35. The van der Waals surface area contributed by atoms with Crippen LogP contribution in [0.2, 0.25) is 0 Å². The quantitative estimate of drug-likeness (QED) is 0.171. The molecule has 0 radical (unpaired) electrons. The monoisotopic (exact) mass is 477 g/mol. The van der Waals surface area contributed by atoms with Crippen molar-refractivity contribution in [1.29, 1.82) is 0 Å². The normalized spacial score (nSPS) is 12.6. The van der Waals surface area contributed by atoms with E-state index < -0.39 is 17.7 Å². The molecule has 0 aliphatic carbocycles. The van der Waals surface area contributed by atoms with Crippen LogP contribution in [0.5, 0.6) is 0 Å². The van der Waals surface area contributed by atoms with Gasteiger partial charge in [-0.15, -0.1) is 0 Å². The SMILES string of the molecule is COC(=O)/C(NC(=O)OC(C)(C)C)=C(\c1ccccc1)c1ccc2ccc3cccc4ccc1c2c34. The highest BCUT2D eigenvalue weighted by Gasteiger charge is 2.26. The lowest BCUT2D eigenvalue weighted by atomic mass is 9.87. The first-order valence-corrected chi connectivity index (χ1v) is 11.8. The summed E-state index contributed by atoms with van der Waals surface area (Å²) in [5.74, 6) is -0.662. The number of methoxy groups -OCH3 is 1. The third kappa shape index (κ3) is 4.24. The number of hydrogen-bond donors (Lipinski definition) is 1. The van der Waals surface area contributed by atoms with Crippen LogP contribution in [0.1, 0.15) is 31.9 Å². The second kappa shape index (κ2) is 9.00. The van der Waals surface area contributed by atoms with Crippen LogP contribution >= 0.6 is 0 Å². The van der Waals surface area contributed by atoms with E-state index in [2.05, 4.69) is 53.8 Å². The van der Waals surface area contributed by atoms with Gasteiger partial charge in [0, 0.05) is 5.57 Å². The molecule has 0 atom stereocenters. The van der Waals surface area contributed by atoms with Crippen LogP contribution in [-0.4, -0.2) is 24.8 Å². The molecule has 1 amide bonds. The Morgan fingerprint density at radius 1 is 0.722 bits per heavy atom. The van der Waals surface area contributed by atoms with Gasteiger partial charge in [-0.05, 0) is 64.2 Å². The summed E-state index contributed by atoms with van der Waals surface area (Å²) in [5.41, 5.74) is 1.43. The molecule has 0 saturated heterocycles. The molecular weight excluding hydrogens is 450 g/mol. The third-order valence-electron chi connectivity index (χ3n) is 6.13. The third-order valence-corrected chi connectivity index (χ3v) is 6.13. The lowest BCUT2D eigenvalue weighted by molar-refractivity contribution is -0.136. The van der Waals surface area contributed by atoms with E-state index in [1.165, 1.54) is 12.5 Å². The first kappa shape index (κ1) is 23.4. The number of benzene rings is 5. The number of carbonyl (C=O) groups excluding carboxylic acids is 2. The highest BCUT2D eigenvalue weighted by molar-refractivity contribution is 6.25. The molecular formula is C31H27NO4. The Bertz CT molecular complexity index is 1610. The zero-order valence-electron chi connectivity index (χ0n) is 20.7. The Hall–Kier alpha value is -4.38. The predicted molar refractivity (Wildman–Crippen MR) is 144 cm³/mol. The summed E-state index contributed by atoms with van der Waals surface area (Å²) in [6.45, 7) is 5.31. The first-order valence-electron chi connectivity index (χ1n) is 11.8. The van der Waals surface area contributed by atoms with Crippen LogP contribution in [0.4, 0.5) is 4.79 Å². The number of ether oxygens (including phenoxy) is 2. The highest BCUT2D eigenvalue weighted by Crippen LogP contribution is 2.40. The topological polar surface area (TPSA) is 64.6 Å². The van der Waals surface area contributed by atoms with Crippen LogP contribution < -0.4 is 5.32 Å². The molecule has 36 heavy (non-hydrogen) atoms. The molecule has 5 aromatic carbocycles. The van der Waals surface area contributed by atoms with Gasteiger partial charge in [0.2, 0.25) is 0 Å². The van der Waals surface area contributed by atoms with Gasteiger partial charge in [-0.2, -0.15) is 0 Å². The summed E-state index contributed by atoms with van der Waals surface area (Å²) in [4.78, 5) is 25.9. The van der Waals surface area contributed by atoms with Gasteiger partial charge >= 0.3 is 12.1 Å². The first-order chi connectivity index (χ1) is 17.3. The molecule has 5 rings (SSSR count). The largest absolute Gasteiger partial charge is 0.464 e. The fourth-order valence-electron chi connectivity index (χ4n) is 4.72. The van der Waals surface area contributed by atoms with Crippen molar-refractivity contribution in [3.05, 3.63) is 102 Å². The van der Waals surface area contributed by atoms with Crippen molar-refractivity contribution in [2.24, 2.45) is 0 Å². The second-order valence-corrected chi connectivity index (χ2v) is 9.70. The Morgan fingerprint density at radius 3 is 1.97 bits per heavy atom. The fraction of sp³-hybridized carbons (Fsp3) is 0.161. The molecule has 0 aliphatic heterocycles. The standard InChI is InChI=1S/C31H27NO4/c1-31(2,3)36-30(34)32-28(29(33)35-4)27(19-9-6-5-7-10-19)24-18-16-22-14-13-20-11-8-12-21-15-17-23(24)26(22)25(20)21/h5-18H,1-4H3,(H,32,34)/b28-27-. The highest BCUT2D eigenvalue weighted by atomic mass is 16.6. The fourth-order valence-corrected chi connectivity index (χ4v) is 4.72. The van der Waals surface area contributed by atoms with E-state index >= 15 is 0 Å². The number of alkyl carbamates (subject to hydrolysis) is 1. The zero-order chi connectivity index (χ0) is 25.4. The molecule has 0 spiro atoms. The average Bonchev–Trinajstić information content (AvgIpc) is 2.86. The van der Waals surface area contributed by atoms with Crippen molar-refractivity contribution < 1.29 is 19.1 Å². The van der Waals surface area contributed by atoms with Gasteiger partial charge in [-0.25, -0.2) is 9.59 Å². The van der Waals surface area contributed by atoms with Gasteiger partial charge in [0.15, 0.2) is 0 Å². The van der Waals surface area contributed by atoms with Crippen LogP contribution in [0.15, 0.2) is 90.6 Å². The Morgan fingerprint density at radius 2 is 1.33 bits per heavy atom. The number of amides is 1. The molecule has 0 bridgehead atoms. The molecule has 0 heterocycles. The van der Waals surface area contributed by atoms with Crippen molar-refractivity contribution in [1.82, 2.24) is 5.32 Å². The number of rotatable bonds is 4. The van der Waals surface area contributed by atoms with Crippen molar-refractivity contribution in [2.45, 2.75) is 26.4 Å². The smallest absolute Gasteiger partial charge is 0.412 e. The molecule has 0 saturated carbocycles. The Kier molecular flexibility index (Phi) is 5.84. The van der Waals surface area contributed by atoms with Gasteiger partial charge in [-0.1, -0.05) is 84.9 Å². The Labute approximate surface area is 209 Å². The molecule has 5 nitrogen and oxygen atoms in total. The van der Waals surface area contributed by atoms with Crippen LogP contribution in [0, 0.1) is 0 Å². The molecule has 1 N–H and O–H groups in total. The van der Waals surface area contributed by atoms with Gasteiger partial charge in [0.1, 0.15) is 11.3 Å². The molecule has 180 valence electrons. The number of carbonyl (C=O) groups is 2. The minimum atomic E-state index is -0.731. The zero-order valence-corrected chi connectivity index (χ0v) is 20.7.